The summed E-state index contributed by atoms with van der Waals surface area (Å²) in [4.78, 5) is 4.54. The molecule has 0 aromatic rings. The van der Waals surface area contributed by atoms with Crippen molar-refractivity contribution < 1.29 is 0 Å². The molecule has 0 heterocycles. The first-order valence-corrected chi connectivity index (χ1v) is 7.41. The van der Waals surface area contributed by atoms with Gasteiger partial charge in [0.05, 0.1) is 0 Å². The summed E-state index contributed by atoms with van der Waals surface area (Å²) in [5.41, 5.74) is 3.03. The van der Waals surface area contributed by atoms with E-state index in [4.69, 9.17) is 5.84 Å². The number of nitrogens with two attached hydrogens (primary N) is 1. The van der Waals surface area contributed by atoms with Gasteiger partial charge in [-0.1, -0.05) is 0 Å². The number of aliphatic imine (C=N–C) groups is 1. The molecule has 0 amide bonds. The average molecular weight is 250 g/mol. The van der Waals surface area contributed by atoms with Crippen LogP contribution in [0.5, 0.6) is 0 Å². The van der Waals surface area contributed by atoms with Crippen molar-refractivity contribution in [3.63, 3.8) is 0 Å². The van der Waals surface area contributed by atoms with Crippen LogP contribution in [-0.4, -0.2) is 17.5 Å². The van der Waals surface area contributed by atoms with Crippen molar-refractivity contribution in [2.75, 3.05) is 0 Å². The van der Waals surface area contributed by atoms with Crippen molar-refractivity contribution in [2.24, 2.45) is 28.6 Å². The molecule has 0 aliphatic heterocycles. The fraction of sp³-hybridized carbons (Fsp3) is 0.929. The number of guanidine groups is 1. The summed E-state index contributed by atoms with van der Waals surface area (Å²) in [6.07, 6.45) is 8.35. The standard InChI is InChI=1S/C14H26N4/c1-9(2)16-13(18-15)17-14-6-10-3-11(7-14)5-12(4-10)8-14/h9-12H,3-8,15H2,1-2H3,(H2,16,17,18). The van der Waals surface area contributed by atoms with Gasteiger partial charge in [0.25, 0.3) is 0 Å². The quantitative estimate of drug-likeness (QED) is 0.303. The van der Waals surface area contributed by atoms with Gasteiger partial charge >= 0.3 is 0 Å². The van der Waals surface area contributed by atoms with Gasteiger partial charge in [0.1, 0.15) is 0 Å². The number of hydrogen-bond donors (Lipinski definition) is 3. The minimum atomic E-state index is 0.275. The normalized spacial score (nSPS) is 42.4. The average Bonchev–Trinajstić information content (AvgIpc) is 2.25. The van der Waals surface area contributed by atoms with Gasteiger partial charge in [-0.25, -0.2) is 10.8 Å². The molecule has 4 bridgehead atoms. The Morgan fingerprint density at radius 1 is 1.11 bits per heavy atom. The first-order chi connectivity index (χ1) is 8.58. The van der Waals surface area contributed by atoms with E-state index in [1.165, 1.54) is 38.5 Å². The number of nitrogens with one attached hydrogen (secondary N) is 2. The Hall–Kier alpha value is -0.770. The van der Waals surface area contributed by atoms with E-state index < -0.39 is 0 Å². The van der Waals surface area contributed by atoms with E-state index in [-0.39, 0.29) is 11.6 Å². The topological polar surface area (TPSA) is 62.4 Å². The highest BCUT2D eigenvalue weighted by Crippen LogP contribution is 2.55. The number of hydrogen-bond acceptors (Lipinski definition) is 2. The summed E-state index contributed by atoms with van der Waals surface area (Å²) in [6.45, 7) is 4.16. The summed E-state index contributed by atoms with van der Waals surface area (Å²) < 4.78 is 0. The lowest BCUT2D eigenvalue weighted by Crippen LogP contribution is -2.62. The van der Waals surface area contributed by atoms with Gasteiger partial charge in [0.2, 0.25) is 5.96 Å². The molecule has 0 unspecified atom stereocenters. The zero-order chi connectivity index (χ0) is 12.8. The van der Waals surface area contributed by atoms with Crippen LogP contribution in [0.1, 0.15) is 52.4 Å². The smallest absolute Gasteiger partial charge is 0.206 e. The Balaban J connectivity index is 1.75. The van der Waals surface area contributed by atoms with Crippen molar-refractivity contribution in [3.8, 4) is 0 Å². The van der Waals surface area contributed by atoms with Gasteiger partial charge in [-0.3, -0.25) is 5.43 Å². The molecule has 0 aromatic carbocycles. The summed E-state index contributed by atoms with van der Waals surface area (Å²) in [6, 6.07) is 0.275. The molecule has 0 saturated heterocycles. The van der Waals surface area contributed by atoms with Gasteiger partial charge in [0, 0.05) is 11.6 Å². The van der Waals surface area contributed by atoms with E-state index in [2.05, 4.69) is 29.6 Å². The SMILES string of the molecule is CC(C)N=C(NN)NC12CC3CC(CC(C3)C1)C2. The molecule has 0 spiro atoms. The molecular formula is C14H26N4. The third-order valence-corrected chi connectivity index (χ3v) is 4.95. The lowest BCUT2D eigenvalue weighted by atomic mass is 9.53. The van der Waals surface area contributed by atoms with E-state index in [1.54, 1.807) is 0 Å². The van der Waals surface area contributed by atoms with Crippen molar-refractivity contribution in [1.29, 1.82) is 0 Å². The fourth-order valence-electron chi connectivity index (χ4n) is 4.88. The minimum absolute atomic E-state index is 0.275. The second-order valence-electron chi connectivity index (χ2n) is 7.04. The van der Waals surface area contributed by atoms with Crippen molar-refractivity contribution in [2.45, 2.75) is 64.0 Å². The zero-order valence-electron chi connectivity index (χ0n) is 11.6. The highest BCUT2D eigenvalue weighted by Gasteiger charge is 2.51. The molecule has 4 saturated carbocycles. The maximum absolute atomic E-state index is 5.61. The Bertz CT molecular complexity index is 312. The second-order valence-corrected chi connectivity index (χ2v) is 7.04. The van der Waals surface area contributed by atoms with Crippen LogP contribution < -0.4 is 16.6 Å². The molecule has 4 N–H and O–H groups in total. The molecule has 0 aromatic heterocycles. The molecule has 4 fully saturated rings. The number of rotatable bonds is 2. The minimum Gasteiger partial charge on any atom is -0.350 e. The van der Waals surface area contributed by atoms with Gasteiger partial charge in [-0.15, -0.1) is 0 Å². The summed E-state index contributed by atoms with van der Waals surface area (Å²) in [7, 11) is 0. The van der Waals surface area contributed by atoms with Gasteiger partial charge < -0.3 is 5.32 Å². The molecule has 4 heteroatoms. The molecule has 0 radical (unpaired) electrons. The lowest BCUT2D eigenvalue weighted by Gasteiger charge is -2.57. The third-order valence-electron chi connectivity index (χ3n) is 4.95. The molecule has 4 rings (SSSR count). The fourth-order valence-corrected chi connectivity index (χ4v) is 4.88. The molecule has 18 heavy (non-hydrogen) atoms. The first kappa shape index (κ1) is 12.3. The summed E-state index contributed by atoms with van der Waals surface area (Å²) >= 11 is 0. The van der Waals surface area contributed by atoms with Gasteiger partial charge in [-0.05, 0) is 70.1 Å². The van der Waals surface area contributed by atoms with Crippen LogP contribution in [-0.2, 0) is 0 Å². The third kappa shape index (κ3) is 2.22. The largest absolute Gasteiger partial charge is 0.350 e. The molecule has 102 valence electrons. The predicted octanol–water partition coefficient (Wildman–Crippen LogP) is 1.77. The van der Waals surface area contributed by atoms with Crippen molar-refractivity contribution in [3.05, 3.63) is 0 Å². The molecule has 4 nitrogen and oxygen atoms in total. The van der Waals surface area contributed by atoms with Crippen molar-refractivity contribution >= 4 is 5.96 Å². The molecule has 4 aliphatic carbocycles. The van der Waals surface area contributed by atoms with Gasteiger partial charge in [-0.2, -0.15) is 0 Å². The Kier molecular flexibility index (Phi) is 3.00. The lowest BCUT2D eigenvalue weighted by molar-refractivity contribution is -0.0105. The second kappa shape index (κ2) is 4.41. The maximum Gasteiger partial charge on any atom is 0.206 e. The number of nitrogens with zero attached hydrogens (tertiary/aromatic N) is 1. The summed E-state index contributed by atoms with van der Waals surface area (Å²) in [5.74, 6) is 9.23. The highest BCUT2D eigenvalue weighted by molar-refractivity contribution is 5.80. The van der Waals surface area contributed by atoms with Gasteiger partial charge in [0.15, 0.2) is 0 Å². The van der Waals surface area contributed by atoms with E-state index in [9.17, 15) is 0 Å². The molecular weight excluding hydrogens is 224 g/mol. The van der Waals surface area contributed by atoms with Crippen LogP contribution in [0.2, 0.25) is 0 Å². The van der Waals surface area contributed by atoms with Crippen LogP contribution in [0.3, 0.4) is 0 Å². The van der Waals surface area contributed by atoms with Crippen LogP contribution in [0.15, 0.2) is 4.99 Å². The van der Waals surface area contributed by atoms with E-state index in [0.29, 0.717) is 0 Å². The molecule has 0 atom stereocenters. The van der Waals surface area contributed by atoms with E-state index >= 15 is 0 Å². The van der Waals surface area contributed by atoms with Crippen LogP contribution >= 0.6 is 0 Å². The Morgan fingerprint density at radius 3 is 2.00 bits per heavy atom. The zero-order valence-corrected chi connectivity index (χ0v) is 11.6. The first-order valence-electron chi connectivity index (χ1n) is 7.41. The number of hydrazine groups is 1. The van der Waals surface area contributed by atoms with Crippen LogP contribution in [0.25, 0.3) is 0 Å². The Labute approximate surface area is 110 Å². The van der Waals surface area contributed by atoms with E-state index in [0.717, 1.165) is 23.7 Å². The highest BCUT2D eigenvalue weighted by atomic mass is 15.3. The summed E-state index contributed by atoms with van der Waals surface area (Å²) in [5, 5.41) is 3.66. The molecule has 4 aliphatic rings. The van der Waals surface area contributed by atoms with Crippen LogP contribution in [0.4, 0.5) is 0 Å². The van der Waals surface area contributed by atoms with Crippen LogP contribution in [0, 0.1) is 17.8 Å². The van der Waals surface area contributed by atoms with E-state index in [1.807, 2.05) is 0 Å². The monoisotopic (exact) mass is 250 g/mol. The van der Waals surface area contributed by atoms with Crippen molar-refractivity contribution in [1.82, 2.24) is 10.7 Å². The maximum atomic E-state index is 5.61. The predicted molar refractivity (Wildman–Crippen MR) is 73.9 cm³/mol. The Morgan fingerprint density at radius 2 is 1.61 bits per heavy atom.